The number of hydrogen-bond donors (Lipinski definition) is 3. The second-order valence-corrected chi connectivity index (χ2v) is 8.40. The second kappa shape index (κ2) is 9.65. The lowest BCUT2D eigenvalue weighted by molar-refractivity contribution is -0.137. The molecule has 0 aliphatic carbocycles. The number of anilines is 3. The first-order chi connectivity index (χ1) is 16.3. The van der Waals surface area contributed by atoms with Crippen molar-refractivity contribution in [3.8, 4) is 11.1 Å². The molecular formula is C23H20F3N5O2S. The van der Waals surface area contributed by atoms with Gasteiger partial charge in [0.2, 0.25) is 0 Å². The molecule has 4 rings (SSSR count). The summed E-state index contributed by atoms with van der Waals surface area (Å²) in [4.78, 5) is 22.6. The fourth-order valence-electron chi connectivity index (χ4n) is 3.46. The molecule has 0 aliphatic heterocycles. The number of rotatable bonds is 6. The monoisotopic (exact) mass is 487 g/mol. The molecule has 176 valence electrons. The predicted molar refractivity (Wildman–Crippen MR) is 127 cm³/mol. The third-order valence-electron chi connectivity index (χ3n) is 5.00. The molecule has 4 aromatic rings. The third-order valence-corrected chi connectivity index (χ3v) is 6.16. The van der Waals surface area contributed by atoms with Gasteiger partial charge in [-0.05, 0) is 35.9 Å². The van der Waals surface area contributed by atoms with Gasteiger partial charge in [0.05, 0.1) is 17.6 Å². The molecule has 0 saturated heterocycles. The van der Waals surface area contributed by atoms with E-state index in [1.807, 2.05) is 12.1 Å². The van der Waals surface area contributed by atoms with Gasteiger partial charge in [-0.1, -0.05) is 18.2 Å². The number of fused-ring (bicyclic) bond motifs is 1. The molecule has 2 amide bonds. The van der Waals surface area contributed by atoms with Gasteiger partial charge in [0.25, 0.3) is 0 Å². The predicted octanol–water partition coefficient (Wildman–Crippen LogP) is 5.79. The number of benzene rings is 2. The van der Waals surface area contributed by atoms with Crippen molar-refractivity contribution in [2.45, 2.75) is 12.6 Å². The Labute approximate surface area is 196 Å². The van der Waals surface area contributed by atoms with Crippen LogP contribution in [0.3, 0.4) is 0 Å². The lowest BCUT2D eigenvalue weighted by Gasteiger charge is -2.11. The minimum Gasteiger partial charge on any atom is -0.384 e. The maximum atomic E-state index is 12.9. The Morgan fingerprint density at radius 1 is 1.09 bits per heavy atom. The number of carbonyl (C=O) groups is 1. The summed E-state index contributed by atoms with van der Waals surface area (Å²) in [6, 6.07) is 10.8. The highest BCUT2D eigenvalue weighted by atomic mass is 32.1. The lowest BCUT2D eigenvalue weighted by Crippen LogP contribution is -2.19. The number of hydrogen-bond acceptors (Lipinski definition) is 6. The van der Waals surface area contributed by atoms with Crippen LogP contribution in [0, 0.1) is 0 Å². The molecular weight excluding hydrogens is 467 g/mol. The Balaban J connectivity index is 1.54. The van der Waals surface area contributed by atoms with Gasteiger partial charge in [0.1, 0.15) is 17.0 Å². The first-order valence-corrected chi connectivity index (χ1v) is 10.9. The zero-order valence-corrected chi connectivity index (χ0v) is 18.8. The fraction of sp³-hybridized carbons (Fsp3) is 0.174. The van der Waals surface area contributed by atoms with Crippen molar-refractivity contribution < 1.29 is 22.7 Å². The standard InChI is InChI=1S/C23H20F3N5O2S/c1-33-10-9-17-18(19-20(27)28-12-29-21(19)34-17)13-5-7-15(8-6-13)30-22(32)31-16-4-2-3-14(11-16)23(24,25)26/h2-8,11-12H,9-10H2,1H3,(H2,27,28,29)(H2,30,31,32). The van der Waals surface area contributed by atoms with E-state index in [2.05, 4.69) is 20.6 Å². The van der Waals surface area contributed by atoms with Gasteiger partial charge in [-0.25, -0.2) is 14.8 Å². The van der Waals surface area contributed by atoms with Crippen LogP contribution in [0.25, 0.3) is 21.3 Å². The quantitative estimate of drug-likeness (QED) is 0.319. The SMILES string of the molecule is COCCc1sc2ncnc(N)c2c1-c1ccc(NC(=O)Nc2cccc(C(F)(F)F)c2)cc1. The molecule has 7 nitrogen and oxygen atoms in total. The Morgan fingerprint density at radius 2 is 1.82 bits per heavy atom. The lowest BCUT2D eigenvalue weighted by atomic mass is 10.0. The molecule has 0 aliphatic rings. The maximum Gasteiger partial charge on any atom is 0.416 e. The first-order valence-electron chi connectivity index (χ1n) is 10.1. The van der Waals surface area contributed by atoms with Crippen molar-refractivity contribution in [2.75, 3.05) is 30.1 Å². The first kappa shape index (κ1) is 23.5. The molecule has 0 unspecified atom stereocenters. The zero-order chi connectivity index (χ0) is 24.3. The Kier molecular flexibility index (Phi) is 6.66. The molecule has 11 heteroatoms. The van der Waals surface area contributed by atoms with E-state index in [9.17, 15) is 18.0 Å². The van der Waals surface area contributed by atoms with E-state index in [4.69, 9.17) is 10.5 Å². The number of nitrogen functional groups attached to an aromatic ring is 1. The smallest absolute Gasteiger partial charge is 0.384 e. The molecule has 0 radical (unpaired) electrons. The van der Waals surface area contributed by atoms with Gasteiger partial charge < -0.3 is 21.1 Å². The summed E-state index contributed by atoms with van der Waals surface area (Å²) in [5.41, 5.74) is 7.57. The number of nitrogens with zero attached hydrogens (tertiary/aromatic N) is 2. The van der Waals surface area contributed by atoms with Crippen LogP contribution in [-0.4, -0.2) is 29.7 Å². The number of ether oxygens (including phenoxy) is 1. The summed E-state index contributed by atoms with van der Waals surface area (Å²) < 4.78 is 43.9. The molecule has 0 spiro atoms. The molecule has 34 heavy (non-hydrogen) atoms. The highest BCUT2D eigenvalue weighted by Crippen LogP contribution is 2.40. The molecule has 2 aromatic carbocycles. The van der Waals surface area contributed by atoms with E-state index in [1.54, 1.807) is 19.2 Å². The summed E-state index contributed by atoms with van der Waals surface area (Å²) >= 11 is 1.52. The number of amides is 2. The van der Waals surface area contributed by atoms with Crippen LogP contribution in [0.5, 0.6) is 0 Å². The molecule has 2 heterocycles. The summed E-state index contributed by atoms with van der Waals surface area (Å²) in [7, 11) is 1.63. The molecule has 0 saturated carbocycles. The molecule has 0 bridgehead atoms. The van der Waals surface area contributed by atoms with E-state index >= 15 is 0 Å². The zero-order valence-electron chi connectivity index (χ0n) is 17.9. The van der Waals surface area contributed by atoms with Crippen molar-refractivity contribution in [1.29, 1.82) is 0 Å². The number of nitrogens with two attached hydrogens (primary N) is 1. The van der Waals surface area contributed by atoms with Crippen molar-refractivity contribution in [1.82, 2.24) is 9.97 Å². The van der Waals surface area contributed by atoms with Gasteiger partial charge >= 0.3 is 12.2 Å². The number of thiophene rings is 1. The van der Waals surface area contributed by atoms with E-state index in [0.717, 1.165) is 38.4 Å². The largest absolute Gasteiger partial charge is 0.416 e. The highest BCUT2D eigenvalue weighted by Gasteiger charge is 2.30. The average Bonchev–Trinajstić information content (AvgIpc) is 3.17. The Hall–Kier alpha value is -3.70. The Bertz CT molecular complexity index is 1320. The van der Waals surface area contributed by atoms with Gasteiger partial charge in [-0.15, -0.1) is 11.3 Å². The number of urea groups is 1. The van der Waals surface area contributed by atoms with Crippen molar-refractivity contribution in [3.63, 3.8) is 0 Å². The summed E-state index contributed by atoms with van der Waals surface area (Å²) in [6.07, 6.45) is -2.40. The number of halogens is 3. The molecule has 2 aromatic heterocycles. The molecule has 4 N–H and O–H groups in total. The van der Waals surface area contributed by atoms with Crippen molar-refractivity contribution in [3.05, 3.63) is 65.3 Å². The number of methoxy groups -OCH3 is 1. The third kappa shape index (κ3) is 5.10. The van der Waals surface area contributed by atoms with Crippen molar-refractivity contribution in [2.24, 2.45) is 0 Å². The van der Waals surface area contributed by atoms with Gasteiger partial charge in [-0.2, -0.15) is 13.2 Å². The molecule has 0 atom stereocenters. The minimum absolute atomic E-state index is 0.0342. The fourth-order valence-corrected chi connectivity index (χ4v) is 4.61. The number of alkyl halides is 3. The van der Waals surface area contributed by atoms with E-state index < -0.39 is 17.8 Å². The van der Waals surface area contributed by atoms with Crippen molar-refractivity contribution >= 4 is 44.8 Å². The maximum absolute atomic E-state index is 12.9. The average molecular weight is 488 g/mol. The second-order valence-electron chi connectivity index (χ2n) is 7.32. The highest BCUT2D eigenvalue weighted by molar-refractivity contribution is 7.19. The summed E-state index contributed by atoms with van der Waals surface area (Å²) in [5.74, 6) is 0.377. The summed E-state index contributed by atoms with van der Waals surface area (Å²) in [6.45, 7) is 0.530. The minimum atomic E-state index is -4.49. The summed E-state index contributed by atoms with van der Waals surface area (Å²) in [5, 5.41) is 5.80. The number of carbonyl (C=O) groups excluding carboxylic acids is 1. The van der Waals surface area contributed by atoms with Gasteiger partial charge in [0, 0.05) is 35.3 Å². The van der Waals surface area contributed by atoms with Gasteiger partial charge in [-0.3, -0.25) is 0 Å². The number of aromatic nitrogens is 2. The normalized spacial score (nSPS) is 11.5. The van der Waals surface area contributed by atoms with E-state index in [-0.39, 0.29) is 5.69 Å². The van der Waals surface area contributed by atoms with Crippen LogP contribution >= 0.6 is 11.3 Å². The Morgan fingerprint density at radius 3 is 2.53 bits per heavy atom. The van der Waals surface area contributed by atoms with Gasteiger partial charge in [0.15, 0.2) is 0 Å². The van der Waals surface area contributed by atoms with E-state index in [0.29, 0.717) is 24.5 Å². The van der Waals surface area contributed by atoms with E-state index in [1.165, 1.54) is 29.8 Å². The van der Waals surface area contributed by atoms with Crippen LogP contribution in [0.15, 0.2) is 54.9 Å². The van der Waals surface area contributed by atoms with Crippen LogP contribution in [0.4, 0.5) is 35.2 Å². The van der Waals surface area contributed by atoms with Crippen LogP contribution in [-0.2, 0) is 17.3 Å². The van der Waals surface area contributed by atoms with Crippen LogP contribution < -0.4 is 16.4 Å². The number of nitrogens with one attached hydrogen (secondary N) is 2. The topological polar surface area (TPSA) is 102 Å². The van der Waals surface area contributed by atoms with Crippen LogP contribution in [0.2, 0.25) is 0 Å². The van der Waals surface area contributed by atoms with Crippen LogP contribution in [0.1, 0.15) is 10.4 Å². The molecule has 0 fully saturated rings.